The molecule has 0 aliphatic carbocycles. The Morgan fingerprint density at radius 1 is 1.53 bits per heavy atom. The molecule has 17 heavy (non-hydrogen) atoms. The Balaban J connectivity index is 0.000000366. The Kier molecular flexibility index (Phi) is 7.80. The second-order valence-corrected chi connectivity index (χ2v) is 3.34. The van der Waals surface area contributed by atoms with Crippen LogP contribution < -0.4 is 0 Å². The average molecular weight is 259 g/mol. The highest BCUT2D eigenvalue weighted by atomic mass is 35.5. The fourth-order valence-electron chi connectivity index (χ4n) is 0.985. The lowest BCUT2D eigenvalue weighted by atomic mass is 10.1. The number of carbonyl (C=O) groups is 2. The van der Waals surface area contributed by atoms with Crippen LogP contribution >= 0.6 is 11.6 Å². The summed E-state index contributed by atoms with van der Waals surface area (Å²) in [5.74, 6) is 0.132. The van der Waals surface area contributed by atoms with Crippen LogP contribution in [0, 0.1) is 0 Å². The lowest BCUT2D eigenvalue weighted by molar-refractivity contribution is -0.140. The van der Waals surface area contributed by atoms with E-state index < -0.39 is 0 Å². The van der Waals surface area contributed by atoms with Gasteiger partial charge < -0.3 is 9.84 Å². The number of hydrogen-bond donors (Lipinski definition) is 1. The lowest BCUT2D eigenvalue weighted by Gasteiger charge is -1.98. The fraction of sp³-hybridized carbons (Fsp3) is 0.333. The Labute approximate surface area is 105 Å². The van der Waals surface area contributed by atoms with Crippen LogP contribution in [-0.4, -0.2) is 24.0 Å². The lowest BCUT2D eigenvalue weighted by Crippen LogP contribution is -1.95. The van der Waals surface area contributed by atoms with Crippen molar-refractivity contribution in [2.24, 2.45) is 0 Å². The Bertz CT molecular complexity index is 377. The molecule has 1 rings (SSSR count). The number of rotatable bonds is 3. The second-order valence-electron chi connectivity index (χ2n) is 3.07. The van der Waals surface area contributed by atoms with E-state index in [9.17, 15) is 9.59 Å². The minimum absolute atomic E-state index is 0.00568. The van der Waals surface area contributed by atoms with Gasteiger partial charge in [-0.05, 0) is 24.6 Å². The summed E-state index contributed by atoms with van der Waals surface area (Å²) < 4.78 is 4.40. The van der Waals surface area contributed by atoms with Crippen LogP contribution in [0.15, 0.2) is 18.2 Å². The highest BCUT2D eigenvalue weighted by Gasteiger charge is 1.99. The minimum atomic E-state index is -0.211. The molecule has 0 bridgehead atoms. The summed E-state index contributed by atoms with van der Waals surface area (Å²) in [5.41, 5.74) is 1.11. The van der Waals surface area contributed by atoms with Crippen molar-refractivity contribution in [3.8, 4) is 5.75 Å². The van der Waals surface area contributed by atoms with Crippen molar-refractivity contribution in [2.45, 2.75) is 19.7 Å². The van der Waals surface area contributed by atoms with E-state index in [2.05, 4.69) is 4.74 Å². The number of aromatic hydroxyl groups is 1. The van der Waals surface area contributed by atoms with Crippen LogP contribution in [0.2, 0.25) is 0 Å². The van der Waals surface area contributed by atoms with E-state index in [0.717, 1.165) is 5.56 Å². The summed E-state index contributed by atoms with van der Waals surface area (Å²) in [5, 5.41) is 9.06. The van der Waals surface area contributed by atoms with Gasteiger partial charge in [-0.15, -0.1) is 11.6 Å². The topological polar surface area (TPSA) is 63.6 Å². The Morgan fingerprint density at radius 2 is 2.18 bits per heavy atom. The summed E-state index contributed by atoms with van der Waals surface area (Å²) in [6.07, 6.45) is 0.603. The number of benzene rings is 1. The van der Waals surface area contributed by atoms with E-state index >= 15 is 0 Å². The highest BCUT2D eigenvalue weighted by molar-refractivity contribution is 6.17. The first-order chi connectivity index (χ1) is 8.04. The van der Waals surface area contributed by atoms with Crippen molar-refractivity contribution < 1.29 is 19.4 Å². The van der Waals surface area contributed by atoms with Crippen LogP contribution in [-0.2, 0) is 15.4 Å². The van der Waals surface area contributed by atoms with Gasteiger partial charge in [0.15, 0.2) is 6.29 Å². The number of ether oxygens (including phenoxy) is 1. The number of carbonyl (C=O) groups excluding carboxylic acids is 2. The standard InChI is InChI=1S/C8H7ClO2.C4H8O2/c9-4-6-1-2-8(11)7(3-6)5-10;1-3-6-4(2)5/h1-3,5,11H,4H2;3H2,1-2H3. The maximum atomic E-state index is 10.3. The fourth-order valence-corrected chi connectivity index (χ4v) is 1.15. The number of phenols is 1. The van der Waals surface area contributed by atoms with Gasteiger partial charge in [0.2, 0.25) is 0 Å². The third-order valence-electron chi connectivity index (χ3n) is 1.72. The molecule has 0 spiro atoms. The van der Waals surface area contributed by atoms with Crippen molar-refractivity contribution in [3.63, 3.8) is 0 Å². The van der Waals surface area contributed by atoms with Crippen LogP contribution in [0.25, 0.3) is 0 Å². The highest BCUT2D eigenvalue weighted by Crippen LogP contribution is 2.17. The van der Waals surface area contributed by atoms with Gasteiger partial charge in [0, 0.05) is 12.8 Å². The first-order valence-corrected chi connectivity index (χ1v) is 5.55. The van der Waals surface area contributed by atoms with Gasteiger partial charge in [0.25, 0.3) is 0 Å². The average Bonchev–Trinajstić information content (AvgIpc) is 2.30. The molecule has 1 aromatic rings. The molecule has 0 fully saturated rings. The zero-order valence-electron chi connectivity index (χ0n) is 9.77. The molecule has 1 N–H and O–H groups in total. The molecular formula is C12H15ClO4. The van der Waals surface area contributed by atoms with Crippen molar-refractivity contribution in [3.05, 3.63) is 29.3 Å². The first kappa shape index (κ1) is 15.5. The van der Waals surface area contributed by atoms with E-state index in [1.807, 2.05) is 0 Å². The minimum Gasteiger partial charge on any atom is -0.507 e. The van der Waals surface area contributed by atoms with Crippen LogP contribution in [0.4, 0.5) is 0 Å². The van der Waals surface area contributed by atoms with Crippen LogP contribution in [0.1, 0.15) is 29.8 Å². The van der Waals surface area contributed by atoms with Gasteiger partial charge in [-0.2, -0.15) is 0 Å². The van der Waals surface area contributed by atoms with Gasteiger partial charge in [0.1, 0.15) is 5.75 Å². The van der Waals surface area contributed by atoms with Gasteiger partial charge in [-0.1, -0.05) is 6.07 Å². The molecule has 1 aromatic carbocycles. The Morgan fingerprint density at radius 3 is 2.53 bits per heavy atom. The van der Waals surface area contributed by atoms with Gasteiger partial charge in [-0.3, -0.25) is 9.59 Å². The number of phenolic OH excluding ortho intramolecular Hbond substituents is 1. The molecule has 0 heterocycles. The largest absolute Gasteiger partial charge is 0.507 e. The van der Waals surface area contributed by atoms with E-state index in [1.54, 1.807) is 19.1 Å². The van der Waals surface area contributed by atoms with Gasteiger partial charge in [-0.25, -0.2) is 0 Å². The van der Waals surface area contributed by atoms with Crippen molar-refractivity contribution in [1.29, 1.82) is 0 Å². The summed E-state index contributed by atoms with van der Waals surface area (Å²) in [6.45, 7) is 3.65. The van der Waals surface area contributed by atoms with Crippen molar-refractivity contribution >= 4 is 23.9 Å². The van der Waals surface area contributed by atoms with Gasteiger partial charge >= 0.3 is 5.97 Å². The van der Waals surface area contributed by atoms with Crippen LogP contribution in [0.3, 0.4) is 0 Å². The molecule has 94 valence electrons. The van der Waals surface area contributed by atoms with Crippen LogP contribution in [0.5, 0.6) is 5.75 Å². The summed E-state index contributed by atoms with van der Waals surface area (Å²) in [4.78, 5) is 20.1. The van der Waals surface area contributed by atoms with E-state index in [0.29, 0.717) is 18.8 Å². The van der Waals surface area contributed by atoms with Crippen molar-refractivity contribution in [1.82, 2.24) is 0 Å². The second kappa shape index (κ2) is 8.58. The molecule has 0 amide bonds. The molecule has 0 saturated carbocycles. The molecule has 5 heteroatoms. The molecule has 0 aromatic heterocycles. The zero-order chi connectivity index (χ0) is 13.3. The number of hydrogen-bond acceptors (Lipinski definition) is 4. The number of aldehydes is 1. The smallest absolute Gasteiger partial charge is 0.302 e. The number of alkyl halides is 1. The molecule has 0 saturated heterocycles. The number of esters is 1. The monoisotopic (exact) mass is 258 g/mol. The molecular weight excluding hydrogens is 244 g/mol. The van der Waals surface area contributed by atoms with E-state index in [-0.39, 0.29) is 17.3 Å². The first-order valence-electron chi connectivity index (χ1n) is 5.01. The van der Waals surface area contributed by atoms with Crippen molar-refractivity contribution in [2.75, 3.05) is 6.61 Å². The summed E-state index contributed by atoms with van der Waals surface area (Å²) >= 11 is 5.51. The quantitative estimate of drug-likeness (QED) is 0.514. The molecule has 0 radical (unpaired) electrons. The summed E-state index contributed by atoms with van der Waals surface area (Å²) in [7, 11) is 0. The number of halogens is 1. The Hall–Kier alpha value is -1.55. The van der Waals surface area contributed by atoms with Gasteiger partial charge in [0.05, 0.1) is 12.2 Å². The molecule has 0 unspecified atom stereocenters. The summed E-state index contributed by atoms with van der Waals surface area (Å²) in [6, 6.07) is 4.70. The third kappa shape index (κ3) is 6.58. The maximum absolute atomic E-state index is 10.3. The SMILES string of the molecule is CCOC(C)=O.O=Cc1cc(CCl)ccc1O. The molecule has 0 aliphatic rings. The predicted molar refractivity (Wildman–Crippen MR) is 65.4 cm³/mol. The zero-order valence-corrected chi connectivity index (χ0v) is 10.5. The third-order valence-corrected chi connectivity index (χ3v) is 2.03. The van der Waals surface area contributed by atoms with E-state index in [1.165, 1.54) is 13.0 Å². The van der Waals surface area contributed by atoms with E-state index in [4.69, 9.17) is 16.7 Å². The maximum Gasteiger partial charge on any atom is 0.302 e. The molecule has 0 aliphatic heterocycles. The molecule has 0 atom stereocenters. The normalized spacial score (nSPS) is 8.88. The molecule has 4 nitrogen and oxygen atoms in total. The predicted octanol–water partition coefficient (Wildman–Crippen LogP) is 2.51.